The summed E-state index contributed by atoms with van der Waals surface area (Å²) in [4.78, 5) is 18.7. The number of carbonyl (C=O) groups is 1. The minimum atomic E-state index is 0.0398. The Morgan fingerprint density at radius 1 is 1.26 bits per heavy atom. The summed E-state index contributed by atoms with van der Waals surface area (Å²) in [5.41, 5.74) is 3.23. The van der Waals surface area contributed by atoms with E-state index in [4.69, 9.17) is 0 Å². The van der Waals surface area contributed by atoms with Gasteiger partial charge in [0.1, 0.15) is 0 Å². The number of fused-ring (bicyclic) bond motifs is 1. The van der Waals surface area contributed by atoms with E-state index < -0.39 is 0 Å². The molecule has 1 aliphatic heterocycles. The fourth-order valence-corrected chi connectivity index (χ4v) is 2.78. The Kier molecular flexibility index (Phi) is 4.20. The Labute approximate surface area is 137 Å². The third-order valence-corrected chi connectivity index (χ3v) is 4.24. The van der Waals surface area contributed by atoms with E-state index in [1.165, 1.54) is 0 Å². The molecule has 0 spiro atoms. The van der Waals surface area contributed by atoms with E-state index in [-0.39, 0.29) is 11.3 Å². The second-order valence-electron chi connectivity index (χ2n) is 7.13. The normalized spacial score (nSPS) is 14.7. The predicted molar refractivity (Wildman–Crippen MR) is 88.9 cm³/mol. The van der Waals surface area contributed by atoms with Gasteiger partial charge in [0.2, 0.25) is 5.91 Å². The maximum absolute atomic E-state index is 12.5. The molecular weight excluding hydrogens is 288 g/mol. The highest BCUT2D eigenvalue weighted by atomic mass is 16.2. The van der Waals surface area contributed by atoms with E-state index in [1.54, 1.807) is 6.20 Å². The molecule has 0 radical (unpaired) electrons. The van der Waals surface area contributed by atoms with Gasteiger partial charge in [-0.25, -0.2) is 0 Å². The minimum Gasteiger partial charge on any atom is -0.335 e. The smallest absolute Gasteiger partial charge is 0.223 e. The molecule has 2 aromatic heterocycles. The largest absolute Gasteiger partial charge is 0.335 e. The summed E-state index contributed by atoms with van der Waals surface area (Å²) in [6, 6.07) is 7.95. The van der Waals surface area contributed by atoms with Crippen molar-refractivity contribution in [1.82, 2.24) is 19.7 Å². The van der Waals surface area contributed by atoms with Gasteiger partial charge in [-0.2, -0.15) is 5.10 Å². The Morgan fingerprint density at radius 2 is 2.09 bits per heavy atom. The van der Waals surface area contributed by atoms with Gasteiger partial charge in [0, 0.05) is 30.3 Å². The molecule has 0 atom stereocenters. The van der Waals surface area contributed by atoms with Crippen LogP contribution in [0, 0.1) is 0 Å². The van der Waals surface area contributed by atoms with Crippen LogP contribution in [-0.4, -0.2) is 32.1 Å². The zero-order valence-electron chi connectivity index (χ0n) is 14.1. The standard InChI is InChI=1S/C18H24N4O/c1-18(2,3)16-12-15-13-21(10-11-22(15)20-16)17(23)8-7-14-6-4-5-9-19-14/h4-6,9,12H,7-8,10-11,13H2,1-3H3. The first-order chi connectivity index (χ1) is 10.9. The highest BCUT2D eigenvalue weighted by Gasteiger charge is 2.25. The SMILES string of the molecule is CC(C)(C)c1cc2n(n1)CCN(C(=O)CCc1ccccn1)C2. The van der Waals surface area contributed by atoms with Gasteiger partial charge < -0.3 is 4.90 Å². The Hall–Kier alpha value is -2.17. The van der Waals surface area contributed by atoms with Crippen molar-refractivity contribution in [1.29, 1.82) is 0 Å². The van der Waals surface area contributed by atoms with Crippen LogP contribution in [0.15, 0.2) is 30.5 Å². The van der Waals surface area contributed by atoms with E-state index in [2.05, 4.69) is 36.9 Å². The number of amides is 1. The fraction of sp³-hybridized carbons (Fsp3) is 0.500. The van der Waals surface area contributed by atoms with Gasteiger partial charge >= 0.3 is 0 Å². The summed E-state index contributed by atoms with van der Waals surface area (Å²) < 4.78 is 2.04. The lowest BCUT2D eigenvalue weighted by Gasteiger charge is -2.27. The van der Waals surface area contributed by atoms with E-state index in [1.807, 2.05) is 27.8 Å². The summed E-state index contributed by atoms with van der Waals surface area (Å²) in [5.74, 6) is 0.195. The van der Waals surface area contributed by atoms with Crippen molar-refractivity contribution in [3.63, 3.8) is 0 Å². The van der Waals surface area contributed by atoms with E-state index >= 15 is 0 Å². The number of nitrogens with zero attached hydrogens (tertiary/aromatic N) is 4. The highest BCUT2D eigenvalue weighted by Crippen LogP contribution is 2.24. The first-order valence-corrected chi connectivity index (χ1v) is 8.18. The Morgan fingerprint density at radius 3 is 2.78 bits per heavy atom. The van der Waals surface area contributed by atoms with Crippen LogP contribution in [0.2, 0.25) is 0 Å². The third-order valence-electron chi connectivity index (χ3n) is 4.24. The number of rotatable bonds is 3. The molecule has 0 fully saturated rings. The highest BCUT2D eigenvalue weighted by molar-refractivity contribution is 5.76. The van der Waals surface area contributed by atoms with Crippen LogP contribution in [0.4, 0.5) is 0 Å². The third kappa shape index (κ3) is 3.60. The molecule has 0 bridgehead atoms. The van der Waals surface area contributed by atoms with Crippen LogP contribution in [0.3, 0.4) is 0 Å². The van der Waals surface area contributed by atoms with Crippen LogP contribution in [0.5, 0.6) is 0 Å². The van der Waals surface area contributed by atoms with Crippen molar-refractivity contribution in [2.24, 2.45) is 0 Å². The molecule has 2 aromatic rings. The maximum atomic E-state index is 12.5. The number of pyridine rings is 1. The molecule has 0 saturated heterocycles. The zero-order valence-corrected chi connectivity index (χ0v) is 14.1. The molecule has 0 unspecified atom stereocenters. The van der Waals surface area contributed by atoms with Crippen molar-refractivity contribution in [3.05, 3.63) is 47.5 Å². The van der Waals surface area contributed by atoms with Crippen molar-refractivity contribution < 1.29 is 4.79 Å². The zero-order chi connectivity index (χ0) is 16.4. The van der Waals surface area contributed by atoms with Crippen LogP contribution >= 0.6 is 0 Å². The van der Waals surface area contributed by atoms with Gasteiger partial charge in [0.25, 0.3) is 0 Å². The molecule has 3 heterocycles. The predicted octanol–water partition coefficient (Wildman–Crippen LogP) is 2.55. The summed E-state index contributed by atoms with van der Waals surface area (Å²) in [5, 5.41) is 4.68. The first kappa shape index (κ1) is 15.7. The van der Waals surface area contributed by atoms with Crippen molar-refractivity contribution in [3.8, 4) is 0 Å². The molecular formula is C18H24N4O. The molecule has 0 aliphatic carbocycles. The number of aryl methyl sites for hydroxylation is 1. The lowest BCUT2D eigenvalue weighted by Crippen LogP contribution is -2.38. The molecule has 23 heavy (non-hydrogen) atoms. The Balaban J connectivity index is 1.62. The van der Waals surface area contributed by atoms with Crippen LogP contribution in [-0.2, 0) is 29.7 Å². The number of carbonyl (C=O) groups excluding carboxylic acids is 1. The van der Waals surface area contributed by atoms with E-state index in [9.17, 15) is 4.79 Å². The monoisotopic (exact) mass is 312 g/mol. The molecule has 0 aromatic carbocycles. The summed E-state index contributed by atoms with van der Waals surface area (Å²) in [6.45, 7) is 8.66. The number of hydrogen-bond donors (Lipinski definition) is 0. The molecule has 0 saturated carbocycles. The van der Waals surface area contributed by atoms with Crippen molar-refractivity contribution >= 4 is 5.91 Å². The minimum absolute atomic E-state index is 0.0398. The quantitative estimate of drug-likeness (QED) is 0.875. The molecule has 1 amide bonds. The van der Waals surface area contributed by atoms with Gasteiger partial charge in [-0.3, -0.25) is 14.5 Å². The van der Waals surface area contributed by atoms with Crippen molar-refractivity contribution in [2.75, 3.05) is 6.54 Å². The topological polar surface area (TPSA) is 51.0 Å². The van der Waals surface area contributed by atoms with Gasteiger partial charge in [0.05, 0.1) is 24.5 Å². The van der Waals surface area contributed by atoms with Crippen LogP contribution < -0.4 is 0 Å². The molecule has 0 N–H and O–H groups in total. The summed E-state index contributed by atoms with van der Waals surface area (Å²) >= 11 is 0. The lowest BCUT2D eigenvalue weighted by atomic mass is 9.92. The average molecular weight is 312 g/mol. The van der Waals surface area contributed by atoms with E-state index in [0.29, 0.717) is 19.4 Å². The molecule has 122 valence electrons. The second kappa shape index (κ2) is 6.14. The Bertz CT molecular complexity index is 685. The second-order valence-corrected chi connectivity index (χ2v) is 7.13. The lowest BCUT2D eigenvalue weighted by molar-refractivity contribution is -0.132. The number of hydrogen-bond acceptors (Lipinski definition) is 3. The van der Waals surface area contributed by atoms with Gasteiger partial charge in [-0.05, 0) is 24.6 Å². The summed E-state index contributed by atoms with van der Waals surface area (Å²) in [6.07, 6.45) is 2.98. The van der Waals surface area contributed by atoms with Gasteiger partial charge in [0.15, 0.2) is 0 Å². The van der Waals surface area contributed by atoms with E-state index in [0.717, 1.165) is 30.2 Å². The van der Waals surface area contributed by atoms with Crippen molar-refractivity contribution in [2.45, 2.75) is 52.1 Å². The molecule has 3 rings (SSSR count). The summed E-state index contributed by atoms with van der Waals surface area (Å²) in [7, 11) is 0. The molecule has 1 aliphatic rings. The van der Waals surface area contributed by atoms with Crippen LogP contribution in [0.25, 0.3) is 0 Å². The maximum Gasteiger partial charge on any atom is 0.223 e. The molecule has 5 nitrogen and oxygen atoms in total. The fourth-order valence-electron chi connectivity index (χ4n) is 2.78. The van der Waals surface area contributed by atoms with Gasteiger partial charge in [-0.15, -0.1) is 0 Å². The first-order valence-electron chi connectivity index (χ1n) is 8.18. The molecule has 5 heteroatoms. The van der Waals surface area contributed by atoms with Crippen LogP contribution in [0.1, 0.15) is 44.3 Å². The average Bonchev–Trinajstić information content (AvgIpc) is 2.97. The number of aromatic nitrogens is 3. The van der Waals surface area contributed by atoms with Gasteiger partial charge in [-0.1, -0.05) is 26.8 Å².